The van der Waals surface area contributed by atoms with Gasteiger partial charge in [-0.15, -0.1) is 0 Å². The van der Waals surface area contributed by atoms with Gasteiger partial charge in [0.15, 0.2) is 5.82 Å². The number of halogens is 2. The van der Waals surface area contributed by atoms with Crippen molar-refractivity contribution in [3.63, 3.8) is 0 Å². The minimum atomic E-state index is -0.553. The number of benzene rings is 1. The van der Waals surface area contributed by atoms with Crippen molar-refractivity contribution >= 4 is 22.8 Å². The summed E-state index contributed by atoms with van der Waals surface area (Å²) in [6.07, 6.45) is 4.89. The number of fused-ring (bicyclic) bond motifs is 2. The number of anilines is 2. The number of nitrogens with one attached hydrogen (secondary N) is 2. The fourth-order valence-electron chi connectivity index (χ4n) is 5.48. The number of aryl methyl sites for hydroxylation is 1. The number of morpholine rings is 1. The molecule has 9 nitrogen and oxygen atoms in total. The lowest BCUT2D eigenvalue weighted by Crippen LogP contribution is -2.47. The molecule has 0 spiro atoms. The van der Waals surface area contributed by atoms with Crippen LogP contribution in [0.4, 0.5) is 20.5 Å². The van der Waals surface area contributed by atoms with Crippen LogP contribution in [0.1, 0.15) is 31.3 Å². The maximum atomic E-state index is 15.0. The monoisotopic (exact) mass is 520 g/mol. The number of hydrogen-bond donors (Lipinski definition) is 2. The summed E-state index contributed by atoms with van der Waals surface area (Å²) in [6, 6.07) is 5.06. The minimum Gasteiger partial charge on any atom is -0.374 e. The summed E-state index contributed by atoms with van der Waals surface area (Å²) in [7, 11) is 0. The number of ether oxygens (including phenoxy) is 1. The van der Waals surface area contributed by atoms with E-state index in [1.807, 2.05) is 25.3 Å². The largest absolute Gasteiger partial charge is 0.374 e. The maximum absolute atomic E-state index is 15.0. The first-order chi connectivity index (χ1) is 18.4. The Hall–Kier alpha value is -3.54. The van der Waals surface area contributed by atoms with Crippen LogP contribution in [-0.4, -0.2) is 67.8 Å². The second kappa shape index (κ2) is 9.97. The molecule has 0 saturated carbocycles. The van der Waals surface area contributed by atoms with Crippen LogP contribution >= 0.6 is 0 Å². The number of nitrogens with zero attached hydrogens (tertiary/aromatic N) is 6. The smallest absolute Gasteiger partial charge is 0.228 e. The number of likely N-dealkylation sites (tertiary alicyclic amines) is 1. The van der Waals surface area contributed by atoms with Crippen LogP contribution in [0.3, 0.4) is 0 Å². The Balaban J connectivity index is 1.20. The van der Waals surface area contributed by atoms with E-state index in [4.69, 9.17) is 4.74 Å². The zero-order chi connectivity index (χ0) is 26.4. The zero-order valence-corrected chi connectivity index (χ0v) is 21.6. The second-order valence-corrected chi connectivity index (χ2v) is 10.2. The topological polar surface area (TPSA) is 93.0 Å². The molecule has 2 saturated heterocycles. The van der Waals surface area contributed by atoms with Crippen molar-refractivity contribution in [3.8, 4) is 11.1 Å². The van der Waals surface area contributed by atoms with E-state index < -0.39 is 11.6 Å². The maximum Gasteiger partial charge on any atom is 0.228 e. The van der Waals surface area contributed by atoms with E-state index in [9.17, 15) is 8.78 Å². The van der Waals surface area contributed by atoms with Gasteiger partial charge in [0.05, 0.1) is 24.4 Å². The van der Waals surface area contributed by atoms with E-state index in [0.29, 0.717) is 34.7 Å². The number of aromatic nitrogens is 5. The van der Waals surface area contributed by atoms with Gasteiger partial charge < -0.3 is 19.9 Å². The van der Waals surface area contributed by atoms with Crippen LogP contribution in [0.5, 0.6) is 0 Å². The van der Waals surface area contributed by atoms with Gasteiger partial charge in [-0.05, 0) is 44.5 Å². The first kappa shape index (κ1) is 24.8. The van der Waals surface area contributed by atoms with Crippen LogP contribution in [0.15, 0.2) is 36.8 Å². The Labute approximate surface area is 219 Å². The normalized spacial score (nSPS) is 19.8. The van der Waals surface area contributed by atoms with Crippen molar-refractivity contribution in [1.82, 2.24) is 34.7 Å². The van der Waals surface area contributed by atoms with Crippen molar-refractivity contribution in [2.45, 2.75) is 45.5 Å². The minimum absolute atomic E-state index is 0.0777. The molecule has 0 unspecified atom stereocenters. The lowest BCUT2D eigenvalue weighted by molar-refractivity contribution is 0.0175. The summed E-state index contributed by atoms with van der Waals surface area (Å²) in [6.45, 7) is 10.0. The van der Waals surface area contributed by atoms with Crippen molar-refractivity contribution in [2.75, 3.05) is 31.6 Å². The number of rotatable bonds is 6. The van der Waals surface area contributed by atoms with Gasteiger partial charge in [-0.25, -0.2) is 28.7 Å². The molecule has 0 bridgehead atoms. The van der Waals surface area contributed by atoms with Crippen LogP contribution < -0.4 is 10.6 Å². The average molecular weight is 521 g/mol. The molecular weight excluding hydrogens is 490 g/mol. The summed E-state index contributed by atoms with van der Waals surface area (Å²) in [4.78, 5) is 19.7. The highest BCUT2D eigenvalue weighted by atomic mass is 19.1. The van der Waals surface area contributed by atoms with Crippen LogP contribution in [0, 0.1) is 18.6 Å². The lowest BCUT2D eigenvalue weighted by Gasteiger charge is -2.25. The molecule has 5 heterocycles. The van der Waals surface area contributed by atoms with Crippen LogP contribution in [0.25, 0.3) is 22.2 Å². The van der Waals surface area contributed by atoms with E-state index >= 15 is 0 Å². The molecular formula is C27H30F2N8O. The van der Waals surface area contributed by atoms with Gasteiger partial charge in [-0.3, -0.25) is 4.90 Å². The van der Waals surface area contributed by atoms with Gasteiger partial charge in [0.25, 0.3) is 0 Å². The third kappa shape index (κ3) is 4.72. The first-order valence-corrected chi connectivity index (χ1v) is 12.8. The Bertz CT molecular complexity index is 1460. The Morgan fingerprint density at radius 1 is 1.08 bits per heavy atom. The van der Waals surface area contributed by atoms with Crippen LogP contribution in [-0.2, 0) is 11.3 Å². The standard InChI is InChI=1S/C27H30F2N8O/c1-15(2)37-16(3)34-26-20(28)6-18(7-23(26)37)19-8-25(31-11-21(19)29)35-27-32-9-17(10-33-27)12-36-13-22-24(14-36)38-5-4-30-22/h6-11,15,22,24,30H,4-5,12-14H2,1-3H3,(H,31,32,33,35)/t22-,24+/m1/s1. The molecule has 3 aromatic heterocycles. The van der Waals surface area contributed by atoms with E-state index in [-0.39, 0.29) is 23.2 Å². The third-order valence-electron chi connectivity index (χ3n) is 7.14. The lowest BCUT2D eigenvalue weighted by atomic mass is 10.0. The van der Waals surface area contributed by atoms with Gasteiger partial charge in [0.2, 0.25) is 5.95 Å². The van der Waals surface area contributed by atoms with Gasteiger partial charge in [-0.1, -0.05) is 0 Å². The molecule has 2 fully saturated rings. The van der Waals surface area contributed by atoms with Crippen molar-refractivity contribution in [2.24, 2.45) is 0 Å². The zero-order valence-electron chi connectivity index (χ0n) is 21.6. The number of hydrogen-bond acceptors (Lipinski definition) is 8. The van der Waals surface area contributed by atoms with Crippen molar-refractivity contribution in [3.05, 3.63) is 59.8 Å². The van der Waals surface area contributed by atoms with E-state index in [0.717, 1.165) is 44.5 Å². The second-order valence-electron chi connectivity index (χ2n) is 10.2. The molecule has 198 valence electrons. The molecule has 38 heavy (non-hydrogen) atoms. The highest BCUT2D eigenvalue weighted by Crippen LogP contribution is 2.32. The molecule has 1 aromatic carbocycles. The SMILES string of the molecule is Cc1nc2c(F)cc(-c3cc(Nc4ncc(CN5C[C@@H]6OCCN[C@@H]6C5)cn4)ncc3F)cc2n1C(C)C. The van der Waals surface area contributed by atoms with E-state index in [1.54, 1.807) is 18.5 Å². The molecule has 6 rings (SSSR count). The molecule has 2 aliphatic heterocycles. The third-order valence-corrected chi connectivity index (χ3v) is 7.14. The van der Waals surface area contributed by atoms with E-state index in [2.05, 4.69) is 35.5 Å². The van der Waals surface area contributed by atoms with Gasteiger partial charge in [-0.2, -0.15) is 0 Å². The Kier molecular flexibility index (Phi) is 6.50. The Morgan fingerprint density at radius 2 is 1.89 bits per heavy atom. The fourth-order valence-corrected chi connectivity index (χ4v) is 5.48. The summed E-state index contributed by atoms with van der Waals surface area (Å²) < 4.78 is 37.6. The molecule has 2 aliphatic rings. The van der Waals surface area contributed by atoms with Crippen LogP contribution in [0.2, 0.25) is 0 Å². The van der Waals surface area contributed by atoms with Gasteiger partial charge >= 0.3 is 0 Å². The highest BCUT2D eigenvalue weighted by molar-refractivity contribution is 5.84. The molecule has 2 atom stereocenters. The summed E-state index contributed by atoms with van der Waals surface area (Å²) in [5.74, 6) is 0.355. The highest BCUT2D eigenvalue weighted by Gasteiger charge is 2.35. The molecule has 0 aliphatic carbocycles. The van der Waals surface area contributed by atoms with Crippen molar-refractivity contribution < 1.29 is 13.5 Å². The molecule has 4 aromatic rings. The van der Waals surface area contributed by atoms with Gasteiger partial charge in [0, 0.05) is 61.8 Å². The summed E-state index contributed by atoms with van der Waals surface area (Å²) >= 11 is 0. The fraction of sp³-hybridized carbons (Fsp3) is 0.407. The number of pyridine rings is 1. The molecule has 0 radical (unpaired) electrons. The molecule has 11 heteroatoms. The summed E-state index contributed by atoms with van der Waals surface area (Å²) in [5, 5.41) is 6.54. The predicted molar refractivity (Wildman–Crippen MR) is 140 cm³/mol. The average Bonchev–Trinajstić information content (AvgIpc) is 3.46. The molecule has 2 N–H and O–H groups in total. The first-order valence-electron chi connectivity index (χ1n) is 12.8. The quantitative estimate of drug-likeness (QED) is 0.395. The Morgan fingerprint density at radius 3 is 2.66 bits per heavy atom. The van der Waals surface area contributed by atoms with Gasteiger partial charge in [0.1, 0.15) is 23.0 Å². The number of imidazole rings is 1. The predicted octanol–water partition coefficient (Wildman–Crippen LogP) is 3.97. The molecule has 0 amide bonds. The van der Waals surface area contributed by atoms with E-state index in [1.165, 1.54) is 12.1 Å². The van der Waals surface area contributed by atoms with Crippen molar-refractivity contribution in [1.29, 1.82) is 0 Å². The summed E-state index contributed by atoms with van der Waals surface area (Å²) in [5.41, 5.74) is 2.51.